The molecule has 2 rings (SSSR count). The number of likely N-dealkylation sites (tertiary alicyclic amines) is 1. The molecular weight excluding hydrogens is 188 g/mol. The molecule has 0 unspecified atom stereocenters. The van der Waals surface area contributed by atoms with Crippen LogP contribution in [0.25, 0.3) is 0 Å². The molecule has 2 aliphatic rings. The van der Waals surface area contributed by atoms with Gasteiger partial charge in [0.2, 0.25) is 5.91 Å². The molecule has 0 aromatic carbocycles. The molecule has 86 valence electrons. The van der Waals surface area contributed by atoms with Gasteiger partial charge in [0.05, 0.1) is 0 Å². The second-order valence-corrected chi connectivity index (χ2v) is 5.05. The van der Waals surface area contributed by atoms with Crippen molar-refractivity contribution < 1.29 is 4.79 Å². The number of hydrogen-bond acceptors (Lipinski definition) is 2. The molecule has 1 saturated carbocycles. The molecule has 1 amide bonds. The fourth-order valence-corrected chi connectivity index (χ4v) is 2.40. The molecule has 1 aliphatic heterocycles. The first-order chi connectivity index (χ1) is 7.29. The van der Waals surface area contributed by atoms with Crippen molar-refractivity contribution in [2.24, 2.45) is 17.6 Å². The van der Waals surface area contributed by atoms with E-state index in [1.165, 1.54) is 12.8 Å². The Kier molecular flexibility index (Phi) is 3.62. The topological polar surface area (TPSA) is 46.3 Å². The van der Waals surface area contributed by atoms with Gasteiger partial charge in [-0.2, -0.15) is 0 Å². The lowest BCUT2D eigenvalue weighted by atomic mass is 9.93. The van der Waals surface area contributed by atoms with Crippen molar-refractivity contribution in [1.82, 2.24) is 4.90 Å². The fourth-order valence-electron chi connectivity index (χ4n) is 2.40. The molecule has 0 bridgehead atoms. The number of carbonyl (C=O) groups is 1. The third-order valence-electron chi connectivity index (χ3n) is 3.70. The first kappa shape index (κ1) is 10.9. The Labute approximate surface area is 92.0 Å². The second-order valence-electron chi connectivity index (χ2n) is 5.05. The standard InChI is InChI=1S/C12H22N2O/c13-6-3-10-4-7-14(8-5-10)12(15)9-11-1-2-11/h10-11H,1-9,13H2. The summed E-state index contributed by atoms with van der Waals surface area (Å²) >= 11 is 0. The van der Waals surface area contributed by atoms with Crippen LogP contribution in [0.4, 0.5) is 0 Å². The summed E-state index contributed by atoms with van der Waals surface area (Å²) in [5.74, 6) is 1.88. The highest BCUT2D eigenvalue weighted by Crippen LogP contribution is 2.33. The average molecular weight is 210 g/mol. The summed E-state index contributed by atoms with van der Waals surface area (Å²) in [4.78, 5) is 13.9. The van der Waals surface area contributed by atoms with Crippen LogP contribution in [0.3, 0.4) is 0 Å². The summed E-state index contributed by atoms with van der Waals surface area (Å²) in [6.45, 7) is 2.73. The van der Waals surface area contributed by atoms with Crippen LogP contribution in [-0.2, 0) is 4.79 Å². The number of carbonyl (C=O) groups excluding carboxylic acids is 1. The molecule has 1 aliphatic carbocycles. The minimum absolute atomic E-state index is 0.392. The Balaban J connectivity index is 1.69. The van der Waals surface area contributed by atoms with Crippen LogP contribution < -0.4 is 5.73 Å². The van der Waals surface area contributed by atoms with Crippen molar-refractivity contribution in [3.05, 3.63) is 0 Å². The minimum Gasteiger partial charge on any atom is -0.343 e. The van der Waals surface area contributed by atoms with E-state index in [1.807, 2.05) is 0 Å². The summed E-state index contributed by atoms with van der Waals surface area (Å²) in [7, 11) is 0. The Morgan fingerprint density at radius 2 is 1.80 bits per heavy atom. The van der Waals surface area contributed by atoms with Gasteiger partial charge in [0.25, 0.3) is 0 Å². The van der Waals surface area contributed by atoms with Gasteiger partial charge < -0.3 is 10.6 Å². The summed E-state index contributed by atoms with van der Waals surface area (Å²) in [6.07, 6.45) is 6.80. The smallest absolute Gasteiger partial charge is 0.222 e. The molecule has 0 aromatic rings. The van der Waals surface area contributed by atoms with E-state index in [2.05, 4.69) is 4.90 Å². The molecule has 0 atom stereocenters. The maximum absolute atomic E-state index is 11.8. The number of nitrogens with zero attached hydrogens (tertiary/aromatic N) is 1. The van der Waals surface area contributed by atoms with E-state index in [-0.39, 0.29) is 0 Å². The third kappa shape index (κ3) is 3.20. The number of rotatable bonds is 4. The van der Waals surface area contributed by atoms with Crippen LogP contribution in [0.5, 0.6) is 0 Å². The fraction of sp³-hybridized carbons (Fsp3) is 0.917. The summed E-state index contributed by atoms with van der Waals surface area (Å²) < 4.78 is 0. The van der Waals surface area contributed by atoms with Crippen LogP contribution in [0.2, 0.25) is 0 Å². The maximum atomic E-state index is 11.8. The van der Waals surface area contributed by atoms with Gasteiger partial charge in [-0.25, -0.2) is 0 Å². The van der Waals surface area contributed by atoms with Crippen LogP contribution in [0.1, 0.15) is 38.5 Å². The molecule has 15 heavy (non-hydrogen) atoms. The minimum atomic E-state index is 0.392. The monoisotopic (exact) mass is 210 g/mol. The Morgan fingerprint density at radius 3 is 2.33 bits per heavy atom. The largest absolute Gasteiger partial charge is 0.343 e. The molecular formula is C12H22N2O. The first-order valence-corrected chi connectivity index (χ1v) is 6.27. The predicted molar refractivity (Wildman–Crippen MR) is 60.3 cm³/mol. The Morgan fingerprint density at radius 1 is 1.13 bits per heavy atom. The zero-order valence-corrected chi connectivity index (χ0v) is 9.45. The lowest BCUT2D eigenvalue weighted by Crippen LogP contribution is -2.38. The molecule has 3 nitrogen and oxygen atoms in total. The second kappa shape index (κ2) is 4.97. The highest BCUT2D eigenvalue weighted by atomic mass is 16.2. The van der Waals surface area contributed by atoms with E-state index in [0.717, 1.165) is 57.2 Å². The van der Waals surface area contributed by atoms with Crippen LogP contribution >= 0.6 is 0 Å². The van der Waals surface area contributed by atoms with Crippen molar-refractivity contribution in [1.29, 1.82) is 0 Å². The van der Waals surface area contributed by atoms with Gasteiger partial charge in [0.15, 0.2) is 0 Å². The lowest BCUT2D eigenvalue weighted by molar-refractivity contribution is -0.132. The van der Waals surface area contributed by atoms with E-state index in [1.54, 1.807) is 0 Å². The van der Waals surface area contributed by atoms with Crippen molar-refractivity contribution in [3.63, 3.8) is 0 Å². The molecule has 2 N–H and O–H groups in total. The maximum Gasteiger partial charge on any atom is 0.222 e. The third-order valence-corrected chi connectivity index (χ3v) is 3.70. The SMILES string of the molecule is NCCC1CCN(C(=O)CC2CC2)CC1. The molecule has 0 aromatic heterocycles. The van der Waals surface area contributed by atoms with E-state index < -0.39 is 0 Å². The predicted octanol–water partition coefficient (Wildman–Crippen LogP) is 1.37. The van der Waals surface area contributed by atoms with E-state index in [0.29, 0.717) is 5.91 Å². The average Bonchev–Trinajstić information content (AvgIpc) is 3.03. The van der Waals surface area contributed by atoms with Crippen LogP contribution in [0.15, 0.2) is 0 Å². The zero-order valence-electron chi connectivity index (χ0n) is 9.45. The van der Waals surface area contributed by atoms with Crippen molar-refractivity contribution in [2.45, 2.75) is 38.5 Å². The summed E-state index contributed by atoms with van der Waals surface area (Å²) in [5.41, 5.74) is 5.55. The van der Waals surface area contributed by atoms with Crippen LogP contribution in [-0.4, -0.2) is 30.4 Å². The lowest BCUT2D eigenvalue weighted by Gasteiger charge is -2.32. The van der Waals surface area contributed by atoms with Gasteiger partial charge in [-0.05, 0) is 50.5 Å². The molecule has 0 radical (unpaired) electrons. The summed E-state index contributed by atoms with van der Waals surface area (Å²) in [6, 6.07) is 0. The highest BCUT2D eigenvalue weighted by molar-refractivity contribution is 5.76. The van der Waals surface area contributed by atoms with Crippen molar-refractivity contribution in [3.8, 4) is 0 Å². The van der Waals surface area contributed by atoms with Crippen molar-refractivity contribution in [2.75, 3.05) is 19.6 Å². The highest BCUT2D eigenvalue weighted by Gasteiger charge is 2.28. The molecule has 1 saturated heterocycles. The normalized spacial score (nSPS) is 23.1. The molecule has 1 heterocycles. The van der Waals surface area contributed by atoms with Gasteiger partial charge in [0.1, 0.15) is 0 Å². The zero-order chi connectivity index (χ0) is 10.7. The Hall–Kier alpha value is -0.570. The number of amides is 1. The van der Waals surface area contributed by atoms with Gasteiger partial charge in [-0.1, -0.05) is 0 Å². The number of nitrogens with two attached hydrogens (primary N) is 1. The first-order valence-electron chi connectivity index (χ1n) is 6.27. The summed E-state index contributed by atoms with van der Waals surface area (Å²) in [5, 5.41) is 0. The molecule has 0 spiro atoms. The van der Waals surface area contributed by atoms with E-state index in [9.17, 15) is 4.79 Å². The molecule has 3 heteroatoms. The number of piperidine rings is 1. The van der Waals surface area contributed by atoms with Gasteiger partial charge >= 0.3 is 0 Å². The van der Waals surface area contributed by atoms with E-state index in [4.69, 9.17) is 5.73 Å². The van der Waals surface area contributed by atoms with Gasteiger partial charge in [0, 0.05) is 19.5 Å². The quantitative estimate of drug-likeness (QED) is 0.762. The van der Waals surface area contributed by atoms with Gasteiger partial charge in [-0.3, -0.25) is 4.79 Å². The molecule has 2 fully saturated rings. The van der Waals surface area contributed by atoms with Gasteiger partial charge in [-0.15, -0.1) is 0 Å². The van der Waals surface area contributed by atoms with E-state index >= 15 is 0 Å². The van der Waals surface area contributed by atoms with Crippen molar-refractivity contribution >= 4 is 5.91 Å². The Bertz CT molecular complexity index is 218. The number of hydrogen-bond donors (Lipinski definition) is 1. The van der Waals surface area contributed by atoms with Crippen LogP contribution in [0, 0.1) is 11.8 Å².